The van der Waals surface area contributed by atoms with Gasteiger partial charge in [-0.15, -0.1) is 0 Å². The molecule has 0 amide bonds. The van der Waals surface area contributed by atoms with E-state index >= 15 is 0 Å². The van der Waals surface area contributed by atoms with E-state index in [0.29, 0.717) is 30.4 Å². The highest BCUT2D eigenvalue weighted by molar-refractivity contribution is 5.40. The molecule has 0 saturated heterocycles. The van der Waals surface area contributed by atoms with Gasteiger partial charge in [-0.3, -0.25) is 0 Å². The molecule has 0 atom stereocenters. The minimum atomic E-state index is -0.256. The number of halogens is 1. The highest BCUT2D eigenvalue weighted by atomic mass is 19.1. The van der Waals surface area contributed by atoms with Crippen LogP contribution in [0.15, 0.2) is 12.3 Å². The molecule has 0 aliphatic rings. The van der Waals surface area contributed by atoms with E-state index < -0.39 is 0 Å². The molecule has 0 aliphatic heterocycles. The number of anilines is 1. The van der Waals surface area contributed by atoms with E-state index in [-0.39, 0.29) is 16.8 Å². The fourth-order valence-electron chi connectivity index (χ4n) is 1.62. The standard InChI is InChI=1S/C17H30FN3/c1-12(2)17(6,7)11-20-15-14(18)13(8-9-19-15)10-21-16(3,4)5/h8-9,12,21H,10-11H2,1-7H3,(H,19,20). The zero-order valence-electron chi connectivity index (χ0n) is 14.5. The number of rotatable bonds is 6. The van der Waals surface area contributed by atoms with Gasteiger partial charge in [0.05, 0.1) is 0 Å². The van der Waals surface area contributed by atoms with Gasteiger partial charge in [0.1, 0.15) is 0 Å². The summed E-state index contributed by atoms with van der Waals surface area (Å²) in [6.45, 7) is 16.1. The van der Waals surface area contributed by atoms with Crippen LogP contribution in [0, 0.1) is 17.2 Å². The van der Waals surface area contributed by atoms with Gasteiger partial charge in [0.2, 0.25) is 0 Å². The second-order valence-electron chi connectivity index (χ2n) is 7.73. The second kappa shape index (κ2) is 6.73. The summed E-state index contributed by atoms with van der Waals surface area (Å²) in [5.74, 6) is 0.601. The van der Waals surface area contributed by atoms with E-state index in [0.717, 1.165) is 0 Å². The first-order valence-corrected chi connectivity index (χ1v) is 7.65. The van der Waals surface area contributed by atoms with Gasteiger partial charge in [-0.05, 0) is 38.2 Å². The largest absolute Gasteiger partial charge is 0.367 e. The molecule has 0 spiro atoms. The summed E-state index contributed by atoms with van der Waals surface area (Å²) in [5, 5.41) is 6.46. The lowest BCUT2D eigenvalue weighted by atomic mass is 9.81. The maximum Gasteiger partial charge on any atom is 0.169 e. The van der Waals surface area contributed by atoms with E-state index in [1.165, 1.54) is 0 Å². The number of hydrogen-bond acceptors (Lipinski definition) is 3. The van der Waals surface area contributed by atoms with Gasteiger partial charge < -0.3 is 10.6 Å². The first-order chi connectivity index (χ1) is 9.53. The molecule has 1 aromatic heterocycles. The Balaban J connectivity index is 2.77. The van der Waals surface area contributed by atoms with E-state index in [1.54, 1.807) is 12.3 Å². The molecule has 0 radical (unpaired) electrons. The van der Waals surface area contributed by atoms with Crippen LogP contribution in [0.1, 0.15) is 54.0 Å². The normalized spacial score (nSPS) is 12.8. The molecule has 0 saturated carbocycles. The summed E-state index contributed by atoms with van der Waals surface area (Å²) in [6, 6.07) is 1.73. The Morgan fingerprint density at radius 1 is 1.19 bits per heavy atom. The molecule has 0 unspecified atom stereocenters. The third kappa shape index (κ3) is 5.62. The average Bonchev–Trinajstić information content (AvgIpc) is 2.35. The number of aromatic nitrogens is 1. The summed E-state index contributed by atoms with van der Waals surface area (Å²) in [6.07, 6.45) is 1.66. The molecule has 1 aromatic rings. The van der Waals surface area contributed by atoms with Crippen LogP contribution in [0.5, 0.6) is 0 Å². The van der Waals surface area contributed by atoms with Crippen LogP contribution in [0.25, 0.3) is 0 Å². The quantitative estimate of drug-likeness (QED) is 0.825. The molecule has 120 valence electrons. The van der Waals surface area contributed by atoms with Crippen LogP contribution >= 0.6 is 0 Å². The summed E-state index contributed by atoms with van der Waals surface area (Å²) >= 11 is 0. The molecule has 0 aromatic carbocycles. The zero-order chi connectivity index (χ0) is 16.3. The predicted octanol–water partition coefficient (Wildman–Crippen LogP) is 4.20. The van der Waals surface area contributed by atoms with Gasteiger partial charge in [0, 0.05) is 30.4 Å². The monoisotopic (exact) mass is 295 g/mol. The Morgan fingerprint density at radius 2 is 1.81 bits per heavy atom. The van der Waals surface area contributed by atoms with Crippen LogP contribution in [-0.4, -0.2) is 17.1 Å². The minimum absolute atomic E-state index is 0.0388. The van der Waals surface area contributed by atoms with Crippen molar-refractivity contribution >= 4 is 5.82 Å². The first kappa shape index (κ1) is 17.9. The molecule has 2 N–H and O–H groups in total. The van der Waals surface area contributed by atoms with Gasteiger partial charge in [-0.25, -0.2) is 9.37 Å². The number of hydrogen-bond donors (Lipinski definition) is 2. The van der Waals surface area contributed by atoms with Crippen molar-refractivity contribution in [2.45, 2.75) is 60.5 Å². The van der Waals surface area contributed by atoms with Crippen molar-refractivity contribution in [1.29, 1.82) is 0 Å². The molecular weight excluding hydrogens is 265 g/mol. The van der Waals surface area contributed by atoms with Crippen LogP contribution in [0.3, 0.4) is 0 Å². The van der Waals surface area contributed by atoms with Gasteiger partial charge >= 0.3 is 0 Å². The Hall–Kier alpha value is -1.16. The molecule has 3 nitrogen and oxygen atoms in total. The topological polar surface area (TPSA) is 37.0 Å². The van der Waals surface area contributed by atoms with Crippen molar-refractivity contribution in [2.24, 2.45) is 11.3 Å². The third-order valence-corrected chi connectivity index (χ3v) is 4.05. The van der Waals surface area contributed by atoms with Crippen LogP contribution in [-0.2, 0) is 6.54 Å². The molecule has 0 bridgehead atoms. The lowest BCUT2D eigenvalue weighted by Crippen LogP contribution is -2.35. The Kier molecular flexibility index (Phi) is 5.74. The molecule has 1 heterocycles. The smallest absolute Gasteiger partial charge is 0.169 e. The van der Waals surface area contributed by atoms with Crippen LogP contribution in [0.4, 0.5) is 10.2 Å². The summed E-state index contributed by atoms with van der Waals surface area (Å²) in [7, 11) is 0. The van der Waals surface area contributed by atoms with Crippen molar-refractivity contribution in [3.05, 3.63) is 23.6 Å². The summed E-state index contributed by atoms with van der Waals surface area (Å²) in [4.78, 5) is 4.13. The molecular formula is C17H30FN3. The zero-order valence-corrected chi connectivity index (χ0v) is 14.5. The molecule has 1 rings (SSSR count). The fraction of sp³-hybridized carbons (Fsp3) is 0.706. The van der Waals surface area contributed by atoms with Crippen molar-refractivity contribution in [1.82, 2.24) is 10.3 Å². The van der Waals surface area contributed by atoms with E-state index in [1.807, 2.05) is 0 Å². The van der Waals surface area contributed by atoms with Crippen LogP contribution in [0.2, 0.25) is 0 Å². The van der Waals surface area contributed by atoms with Gasteiger partial charge in [-0.2, -0.15) is 0 Å². The molecule has 4 heteroatoms. The fourth-order valence-corrected chi connectivity index (χ4v) is 1.62. The minimum Gasteiger partial charge on any atom is -0.367 e. The highest BCUT2D eigenvalue weighted by Crippen LogP contribution is 2.27. The Bertz CT molecular complexity index is 462. The van der Waals surface area contributed by atoms with Crippen molar-refractivity contribution in [3.63, 3.8) is 0 Å². The van der Waals surface area contributed by atoms with Crippen molar-refractivity contribution in [3.8, 4) is 0 Å². The lowest BCUT2D eigenvalue weighted by molar-refractivity contribution is 0.269. The third-order valence-electron chi connectivity index (χ3n) is 4.05. The van der Waals surface area contributed by atoms with Crippen molar-refractivity contribution in [2.75, 3.05) is 11.9 Å². The van der Waals surface area contributed by atoms with Gasteiger partial charge in [0.25, 0.3) is 0 Å². The van der Waals surface area contributed by atoms with E-state index in [9.17, 15) is 4.39 Å². The van der Waals surface area contributed by atoms with E-state index in [4.69, 9.17) is 0 Å². The SMILES string of the molecule is CC(C)C(C)(C)CNc1nccc(CNC(C)(C)C)c1F. The number of pyridine rings is 1. The second-order valence-corrected chi connectivity index (χ2v) is 7.73. The lowest BCUT2D eigenvalue weighted by Gasteiger charge is -2.29. The maximum absolute atomic E-state index is 14.5. The molecule has 0 aliphatic carbocycles. The molecule has 21 heavy (non-hydrogen) atoms. The van der Waals surface area contributed by atoms with Gasteiger partial charge in [-0.1, -0.05) is 27.7 Å². The van der Waals surface area contributed by atoms with Crippen molar-refractivity contribution < 1.29 is 4.39 Å². The van der Waals surface area contributed by atoms with E-state index in [2.05, 4.69) is 64.1 Å². The summed E-state index contributed by atoms with van der Waals surface area (Å²) < 4.78 is 14.5. The number of nitrogens with zero attached hydrogens (tertiary/aromatic N) is 1. The maximum atomic E-state index is 14.5. The number of nitrogens with one attached hydrogen (secondary N) is 2. The average molecular weight is 295 g/mol. The Labute approximate surface area is 128 Å². The highest BCUT2D eigenvalue weighted by Gasteiger charge is 2.23. The predicted molar refractivity (Wildman–Crippen MR) is 87.9 cm³/mol. The Morgan fingerprint density at radius 3 is 2.33 bits per heavy atom. The molecule has 0 fully saturated rings. The summed E-state index contributed by atoms with van der Waals surface area (Å²) in [5.41, 5.74) is 0.696. The first-order valence-electron chi connectivity index (χ1n) is 7.65. The van der Waals surface area contributed by atoms with Crippen LogP contribution < -0.4 is 10.6 Å². The van der Waals surface area contributed by atoms with Gasteiger partial charge in [0.15, 0.2) is 11.6 Å².